The number of amides is 1. The summed E-state index contributed by atoms with van der Waals surface area (Å²) in [7, 11) is 0. The third-order valence-corrected chi connectivity index (χ3v) is 5.81. The molecule has 0 atom stereocenters. The molecule has 1 aliphatic rings. The molecule has 3 rings (SSSR count). The number of carbonyl (C=O) groups excluding carboxylic acids is 1. The second-order valence-corrected chi connectivity index (χ2v) is 10.7. The van der Waals surface area contributed by atoms with Crippen molar-refractivity contribution in [1.29, 1.82) is 5.53 Å². The maximum Gasteiger partial charge on any atom is 0.232 e. The van der Waals surface area contributed by atoms with Crippen molar-refractivity contribution >= 4 is 22.9 Å². The number of aliphatic hydroxyl groups is 1. The lowest BCUT2D eigenvalue weighted by Crippen LogP contribution is -2.30. The van der Waals surface area contributed by atoms with E-state index in [1.807, 2.05) is 39.0 Å². The largest absolute Gasteiger partial charge is 0.386 e. The van der Waals surface area contributed by atoms with Crippen LogP contribution in [0.25, 0.3) is 21.5 Å². The molecule has 260 valence electrons. The number of carbonyl (C=O) groups is 1. The normalized spacial score (nSPS) is 9.88. The van der Waals surface area contributed by atoms with Gasteiger partial charge in [-0.2, -0.15) is 0 Å². The van der Waals surface area contributed by atoms with Gasteiger partial charge in [0.25, 0.3) is 0 Å². The van der Waals surface area contributed by atoms with Crippen LogP contribution in [0, 0.1) is 128 Å². The maximum atomic E-state index is 12.4. The number of hydrogen-bond acceptors (Lipinski definition) is 6. The number of fused-ring (bicyclic) bond motifs is 1. The van der Waals surface area contributed by atoms with Crippen LogP contribution in [0.5, 0.6) is 0 Å². The quantitative estimate of drug-likeness (QED) is 0.131. The summed E-state index contributed by atoms with van der Waals surface area (Å²) in [6.45, 7) is 10.9. The minimum Gasteiger partial charge on any atom is -0.386 e. The van der Waals surface area contributed by atoms with Gasteiger partial charge in [0.1, 0.15) is 0 Å². The van der Waals surface area contributed by atoms with Gasteiger partial charge < -0.3 is 9.67 Å². The lowest BCUT2D eigenvalue weighted by atomic mass is 9.92. The standard InChI is InChI=1S/C19H27N3O2.C19H4.HN3.O2.11H2/c1-18(2,3)16(23)21-17-20-14-10-9-12(19(4,5)24)11-15(14)22(17)13-7-6-8-13;1-3-5-7-9-11-13-15-17-19-18-16-14-12-10-8-6-4-2;1-3-2;1-2;;;;;;;;;;;/h9-11,13,24H,6-8H2,1-5H3,(H,20,21,23);1H,2H3;1H;;11*1H. The van der Waals surface area contributed by atoms with Crippen LogP contribution in [0.3, 0.4) is 0 Å². The fraction of sp³-hybridized carbons (Fsp3) is 0.316. The number of anilines is 1. The number of nitrogens with zero attached hydrogens (tertiary/aromatic N) is 4. The fourth-order valence-corrected chi connectivity index (χ4v) is 3.37. The highest BCUT2D eigenvalue weighted by atomic mass is 16.7. The Kier molecular flexibility index (Phi) is 19.3. The lowest BCUT2D eigenvalue weighted by molar-refractivity contribution is -0.123. The molecule has 1 aromatic heterocycles. The van der Waals surface area contributed by atoms with Crippen LogP contribution in [-0.2, 0) is 10.4 Å². The van der Waals surface area contributed by atoms with Gasteiger partial charge in [0.05, 0.1) is 16.6 Å². The van der Waals surface area contributed by atoms with Crippen LogP contribution in [0.2, 0.25) is 0 Å². The number of benzene rings is 1. The van der Waals surface area contributed by atoms with Gasteiger partial charge in [0, 0.05) is 37.1 Å². The fourth-order valence-electron chi connectivity index (χ4n) is 3.37. The number of nitrogens with one attached hydrogen (secondary N) is 2. The minimum atomic E-state index is -0.905. The zero-order valence-corrected chi connectivity index (χ0v) is 27.5. The maximum absolute atomic E-state index is 12.4. The molecule has 1 saturated carbocycles. The van der Waals surface area contributed by atoms with Gasteiger partial charge in [0.2, 0.25) is 11.9 Å². The van der Waals surface area contributed by atoms with E-state index in [0.717, 1.165) is 29.4 Å². The number of imidazole rings is 1. The van der Waals surface area contributed by atoms with Crippen molar-refractivity contribution in [3.63, 3.8) is 0 Å². The molecule has 1 aliphatic carbocycles. The van der Waals surface area contributed by atoms with E-state index in [9.17, 15) is 9.90 Å². The van der Waals surface area contributed by atoms with Gasteiger partial charge >= 0.3 is 0 Å². The third-order valence-electron chi connectivity index (χ3n) is 5.81. The van der Waals surface area contributed by atoms with E-state index >= 15 is 0 Å². The molecular weight excluding hydrogens is 604 g/mol. The summed E-state index contributed by atoms with van der Waals surface area (Å²) in [4.78, 5) is 32.8. The third kappa shape index (κ3) is 15.7. The first kappa shape index (κ1) is 41.1. The van der Waals surface area contributed by atoms with E-state index in [2.05, 4.69) is 116 Å². The Bertz CT molecular complexity index is 2090. The highest BCUT2D eigenvalue weighted by Crippen LogP contribution is 2.38. The number of terminal acetylenes is 1. The molecule has 10 heteroatoms. The lowest BCUT2D eigenvalue weighted by Gasteiger charge is -2.30. The summed E-state index contributed by atoms with van der Waals surface area (Å²) < 4.78 is 2.14. The van der Waals surface area contributed by atoms with Crippen molar-refractivity contribution in [2.75, 3.05) is 5.32 Å². The predicted octanol–water partition coefficient (Wildman–Crippen LogP) is 8.29. The Morgan fingerprint density at radius 3 is 1.73 bits per heavy atom. The summed E-state index contributed by atoms with van der Waals surface area (Å²) in [6, 6.07) is 6.18. The van der Waals surface area contributed by atoms with E-state index < -0.39 is 11.0 Å². The van der Waals surface area contributed by atoms with E-state index in [0.29, 0.717) is 12.0 Å². The van der Waals surface area contributed by atoms with Crippen LogP contribution in [-0.4, -0.2) is 20.6 Å². The van der Waals surface area contributed by atoms with Crippen LogP contribution in [0.1, 0.15) is 88.1 Å². The van der Waals surface area contributed by atoms with Gasteiger partial charge in [-0.05, 0) is 163 Å². The monoisotopic (exact) mass is 658 g/mol. The van der Waals surface area contributed by atoms with E-state index in [-0.39, 0.29) is 21.6 Å². The average Bonchev–Trinajstić information content (AvgIpc) is 3.35. The van der Waals surface area contributed by atoms with Crippen molar-refractivity contribution in [3.05, 3.63) is 44.1 Å². The molecule has 0 unspecified atom stereocenters. The number of hydrogen-bond donors (Lipinski definition) is 3. The first-order chi connectivity index (χ1) is 22.9. The van der Waals surface area contributed by atoms with Crippen molar-refractivity contribution in [1.82, 2.24) is 9.55 Å². The molecule has 48 heavy (non-hydrogen) atoms. The summed E-state index contributed by atoms with van der Waals surface area (Å²) in [6.07, 6.45) is 8.28. The van der Waals surface area contributed by atoms with Crippen LogP contribution in [0.15, 0.2) is 18.2 Å². The smallest absolute Gasteiger partial charge is 0.232 e. The van der Waals surface area contributed by atoms with Crippen LogP contribution < -0.4 is 5.32 Å². The first-order valence-electron chi connectivity index (χ1n) is 14.0. The SMILES string of the molecule is C#CC#CC#CC#CC#CC#CC#CC#CC#CC.CC(C)(C)C(=O)Nc1nc2ccc(C(C)(C)O)cc2n1C1CCC1.O=O.[HH].[HH].[HH].[HH].[HH].[HH].[HH].[HH].[HH].[HH].[HH].[N-]=[N+]=N. The predicted molar refractivity (Wildman–Crippen MR) is 212 cm³/mol. The molecule has 1 aromatic carbocycles. The number of rotatable bonds is 3. The van der Waals surface area contributed by atoms with Gasteiger partial charge in [-0.1, -0.05) is 32.8 Å². The summed E-state index contributed by atoms with van der Waals surface area (Å²) >= 11 is 0. The molecular formula is C38H54N6O4. The van der Waals surface area contributed by atoms with E-state index in [4.69, 9.17) is 27.4 Å². The van der Waals surface area contributed by atoms with Crippen molar-refractivity contribution in [2.24, 2.45) is 5.41 Å². The first-order valence-corrected chi connectivity index (χ1v) is 14.0. The summed E-state index contributed by atoms with van der Waals surface area (Å²) in [5, 5.41) is 13.3. The molecule has 0 bridgehead atoms. The molecule has 0 spiro atoms. The van der Waals surface area contributed by atoms with Gasteiger partial charge in [-0.25, -0.2) is 4.98 Å². The molecule has 2 aromatic rings. The molecule has 0 saturated heterocycles. The Morgan fingerprint density at radius 1 is 0.938 bits per heavy atom. The summed E-state index contributed by atoms with van der Waals surface area (Å²) in [5.41, 5.74) is 13.5. The van der Waals surface area contributed by atoms with Gasteiger partial charge in [0.15, 0.2) is 0 Å². The van der Waals surface area contributed by atoms with Crippen molar-refractivity contribution in [2.45, 2.75) is 72.4 Å². The minimum absolute atomic E-state index is 0. The Labute approximate surface area is 298 Å². The van der Waals surface area contributed by atoms with Crippen molar-refractivity contribution < 1.29 is 25.6 Å². The zero-order valence-electron chi connectivity index (χ0n) is 27.5. The Balaban J connectivity index is -0.0000000586. The van der Waals surface area contributed by atoms with Gasteiger partial charge in [-0.3, -0.25) is 10.1 Å². The van der Waals surface area contributed by atoms with E-state index in [1.165, 1.54) is 6.42 Å². The molecule has 3 N–H and O–H groups in total. The number of aromatic nitrogens is 2. The molecule has 1 heterocycles. The van der Waals surface area contributed by atoms with Crippen LogP contribution >= 0.6 is 0 Å². The molecule has 10 nitrogen and oxygen atoms in total. The summed E-state index contributed by atoms with van der Waals surface area (Å²) in [5.74, 6) is 42.5. The highest BCUT2D eigenvalue weighted by molar-refractivity contribution is 5.95. The van der Waals surface area contributed by atoms with Crippen molar-refractivity contribution in [3.8, 4) is 107 Å². The van der Waals surface area contributed by atoms with Gasteiger partial charge in [-0.15, -0.1) is 12.0 Å². The molecule has 0 aliphatic heterocycles. The topological polar surface area (TPSA) is 162 Å². The van der Waals surface area contributed by atoms with E-state index in [1.54, 1.807) is 25.7 Å². The average molecular weight is 659 g/mol. The molecule has 1 fully saturated rings. The Morgan fingerprint density at radius 2 is 1.38 bits per heavy atom. The molecule has 0 radical (unpaired) electrons. The second-order valence-electron chi connectivity index (χ2n) is 10.7. The van der Waals surface area contributed by atoms with Crippen LogP contribution in [0.4, 0.5) is 5.95 Å². The second kappa shape index (κ2) is 22.6. The molecule has 1 amide bonds. The Hall–Kier alpha value is -6.93. The highest BCUT2D eigenvalue weighted by Gasteiger charge is 2.29. The zero-order chi connectivity index (χ0) is 36.4.